The molecule has 0 spiro atoms. The summed E-state index contributed by atoms with van der Waals surface area (Å²) in [7, 11) is 0. The smallest absolute Gasteiger partial charge is 1.00 e. The van der Waals surface area contributed by atoms with Crippen LogP contribution in [0.1, 0.15) is 126 Å². The molecule has 512 valence electrons. The molecule has 10 rings (SSSR count). The van der Waals surface area contributed by atoms with Crippen LogP contribution in [-0.2, 0) is 63.9 Å². The van der Waals surface area contributed by atoms with E-state index in [-0.39, 0.29) is 100 Å². The van der Waals surface area contributed by atoms with E-state index in [0.717, 1.165) is 156 Å². The molecule has 4 aliphatic rings. The fourth-order valence-electron chi connectivity index (χ4n) is 9.39. The van der Waals surface area contributed by atoms with Crippen molar-refractivity contribution in [1.82, 2.24) is 29.7 Å². The van der Waals surface area contributed by atoms with Crippen LogP contribution in [0.25, 0.3) is 24.3 Å². The van der Waals surface area contributed by atoms with Gasteiger partial charge in [-0.15, -0.1) is 39.6 Å². The Hall–Kier alpha value is -5.74. The summed E-state index contributed by atoms with van der Waals surface area (Å²) < 4.78 is 14.8. The minimum Gasteiger partial charge on any atom is -1.00 e. The number of aryl methyl sites for hydroxylation is 1. The molecular formula is C70H94ClKN9O11S3-. The van der Waals surface area contributed by atoms with Crippen LogP contribution in [0.4, 0.5) is 17.1 Å². The van der Waals surface area contributed by atoms with Crippen molar-refractivity contribution >= 4 is 111 Å². The molecule has 0 saturated carbocycles. The van der Waals surface area contributed by atoms with Gasteiger partial charge in [0.05, 0.1) is 60.3 Å². The SMILES string of the molecule is C1CCOC1.CC(=O)N1CCN(c2ccc(C=Cc3ccc(CCO)s3)nc2)CC1.CC(=O)N1CCN(c2ccc(C=O)nc2)CC1.CC(=O)OCCc1ccc(C=Cc2ccc(N3CCN(C(C)=O)CC3)cn2)s1.CC(C)(C)[O-].CCc1ccc(CCOC(C)=O)s1.[Cl-].[K+]. The molecule has 95 heavy (non-hydrogen) atoms. The molecule has 25 heteroatoms. The van der Waals surface area contributed by atoms with E-state index < -0.39 is 5.60 Å². The van der Waals surface area contributed by atoms with Crippen LogP contribution in [-0.4, -0.2) is 188 Å². The number of thiophene rings is 3. The zero-order valence-electron chi connectivity index (χ0n) is 57.0. The molecule has 0 bridgehead atoms. The topological polar surface area (TPSA) is 232 Å². The summed E-state index contributed by atoms with van der Waals surface area (Å²) in [6.45, 7) is 27.4. The first kappa shape index (κ1) is 83.5. The maximum absolute atomic E-state index is 11.4. The number of halogens is 1. The second kappa shape index (κ2) is 45.7. The average Bonchev–Trinajstić information content (AvgIpc) is 2.08. The molecule has 3 amide bonds. The fourth-order valence-corrected chi connectivity index (χ4v) is 12.1. The third-order valence-electron chi connectivity index (χ3n) is 14.5. The number of aliphatic hydroxyl groups is 1. The van der Waals surface area contributed by atoms with Crippen molar-refractivity contribution in [1.29, 1.82) is 0 Å². The van der Waals surface area contributed by atoms with Gasteiger partial charge in [-0.2, -0.15) is 0 Å². The molecule has 0 atom stereocenters. The van der Waals surface area contributed by atoms with Gasteiger partial charge in [0.15, 0.2) is 6.29 Å². The standard InChI is InChI=1S/C21H25N3O3S.C19H23N3O2S.C12H15N3O2.C10H14O2S.C4H8O.C4H9O.ClH.K/c1-16(25)23-10-12-24(13-11-23)19-5-3-18(22-15-19)4-6-20-7-8-21(28-20)9-14-27-17(2)26;1-15(24)21-9-11-22(12-10-21)17-4-2-16(20-14-17)3-5-18-6-7-19(25-18)8-13-23;1-10(17)14-4-6-15(7-5-14)12-3-2-11(9-16)13-8-12;1-3-9-4-5-10(13-9)6-7-12-8(2)11;1-2-4-5-3-1;1-4(2,3)5;;/h3-8,15H,9-14H2,1-2H3;2-7,14,23H,8-13H2,1H3;2-3,8-9H,4-7H2,1H3;4-5H,3,6-7H2,1-2H3;1-4H2;1-3H3;1H;/q;;;;;-1;;+1/p-1. The molecule has 4 saturated heterocycles. The zero-order valence-corrected chi connectivity index (χ0v) is 63.3. The summed E-state index contributed by atoms with van der Waals surface area (Å²) in [5, 5.41) is 19.1. The van der Waals surface area contributed by atoms with Crippen molar-refractivity contribution < 1.29 is 117 Å². The fraction of sp³-hybridized carbons (Fsp3) is 0.471. The summed E-state index contributed by atoms with van der Waals surface area (Å²) in [6, 6.07) is 24.3. The number of nitrogens with zero attached hydrogens (tertiary/aromatic N) is 9. The number of esters is 2. The first-order valence-corrected chi connectivity index (χ1v) is 34.2. The number of hydrogen-bond acceptors (Lipinski definition) is 20. The van der Waals surface area contributed by atoms with E-state index in [1.54, 1.807) is 87.8 Å². The molecule has 0 radical (unpaired) electrons. The van der Waals surface area contributed by atoms with E-state index in [2.05, 4.69) is 91.2 Å². The Morgan fingerprint density at radius 1 is 0.516 bits per heavy atom. The third kappa shape index (κ3) is 33.9. The summed E-state index contributed by atoms with van der Waals surface area (Å²) in [6.07, 6.45) is 20.3. The third-order valence-corrected chi connectivity index (χ3v) is 18.0. The van der Waals surface area contributed by atoms with Gasteiger partial charge in [0.2, 0.25) is 17.7 Å². The number of anilines is 3. The number of aldehydes is 1. The van der Waals surface area contributed by atoms with Crippen molar-refractivity contribution in [2.24, 2.45) is 0 Å². The second-order valence-electron chi connectivity index (χ2n) is 23.0. The van der Waals surface area contributed by atoms with E-state index in [1.807, 2.05) is 63.5 Å². The van der Waals surface area contributed by atoms with Crippen LogP contribution in [0, 0.1) is 0 Å². The van der Waals surface area contributed by atoms with Crippen molar-refractivity contribution in [3.63, 3.8) is 0 Å². The van der Waals surface area contributed by atoms with Gasteiger partial charge < -0.3 is 66.2 Å². The molecule has 20 nitrogen and oxygen atoms in total. The maximum Gasteiger partial charge on any atom is 1.00 e. The van der Waals surface area contributed by atoms with Crippen LogP contribution >= 0.6 is 34.0 Å². The van der Waals surface area contributed by atoms with Gasteiger partial charge in [-0.25, -0.2) is 0 Å². The number of aliphatic hydroxyl groups excluding tert-OH is 1. The Morgan fingerprint density at radius 2 is 0.853 bits per heavy atom. The van der Waals surface area contributed by atoms with E-state index in [1.165, 1.54) is 46.2 Å². The number of aromatic nitrogens is 3. The summed E-state index contributed by atoms with van der Waals surface area (Å²) in [5.74, 6) is -0.0337. The number of ether oxygens (including phenoxy) is 3. The van der Waals surface area contributed by atoms with Gasteiger partial charge in [0, 0.05) is 182 Å². The number of pyridine rings is 3. The molecule has 0 aromatic carbocycles. The molecule has 10 heterocycles. The average molecular weight is 1410 g/mol. The van der Waals surface area contributed by atoms with Gasteiger partial charge >= 0.3 is 63.3 Å². The predicted octanol–water partition coefficient (Wildman–Crippen LogP) is 3.53. The number of piperazine rings is 3. The quantitative estimate of drug-likeness (QED) is 0.0782. The largest absolute Gasteiger partial charge is 1.00 e. The molecular weight excluding hydrogens is 1310 g/mol. The maximum atomic E-state index is 11.4. The van der Waals surface area contributed by atoms with Crippen LogP contribution in [0.3, 0.4) is 0 Å². The van der Waals surface area contributed by atoms with E-state index in [9.17, 15) is 33.9 Å². The number of carbonyl (C=O) groups is 6. The predicted molar refractivity (Wildman–Crippen MR) is 373 cm³/mol. The van der Waals surface area contributed by atoms with Crippen LogP contribution in [0.15, 0.2) is 91.4 Å². The normalized spacial score (nSPS) is 14.3. The number of amides is 3. The van der Waals surface area contributed by atoms with Crippen LogP contribution in [0.2, 0.25) is 0 Å². The monoisotopic (exact) mass is 1410 g/mol. The minimum atomic E-state index is -0.750. The first-order valence-electron chi connectivity index (χ1n) is 31.7. The van der Waals surface area contributed by atoms with Crippen molar-refractivity contribution in [2.45, 2.75) is 106 Å². The minimum absolute atomic E-state index is 0. The first-order chi connectivity index (χ1) is 44.6. The van der Waals surface area contributed by atoms with E-state index in [0.29, 0.717) is 25.3 Å². The Labute approximate surface area is 622 Å². The summed E-state index contributed by atoms with van der Waals surface area (Å²) >= 11 is 5.17. The Balaban J connectivity index is 0.000000321. The summed E-state index contributed by atoms with van der Waals surface area (Å²) in [5.41, 5.74) is 4.70. The molecule has 0 unspecified atom stereocenters. The van der Waals surface area contributed by atoms with E-state index in [4.69, 9.17) is 19.3 Å². The second-order valence-corrected chi connectivity index (χ2v) is 26.7. The van der Waals surface area contributed by atoms with Crippen LogP contribution < -0.4 is 83.6 Å². The van der Waals surface area contributed by atoms with Gasteiger partial charge in [-0.05, 0) is 116 Å². The molecule has 0 aliphatic carbocycles. The van der Waals surface area contributed by atoms with E-state index >= 15 is 0 Å². The molecule has 6 aromatic rings. The number of carbonyl (C=O) groups excluding carboxylic acids is 6. The Kier molecular flexibility index (Phi) is 40.2. The Bertz CT molecular complexity index is 3240. The molecule has 1 N–H and O–H groups in total. The Morgan fingerprint density at radius 3 is 1.14 bits per heavy atom. The van der Waals surface area contributed by atoms with Crippen molar-refractivity contribution in [3.8, 4) is 0 Å². The number of rotatable bonds is 17. The molecule has 4 fully saturated rings. The van der Waals surface area contributed by atoms with Crippen molar-refractivity contribution in [2.75, 3.05) is 126 Å². The van der Waals surface area contributed by atoms with Gasteiger partial charge in [-0.3, -0.25) is 43.7 Å². The van der Waals surface area contributed by atoms with Gasteiger partial charge in [0.25, 0.3) is 0 Å². The van der Waals surface area contributed by atoms with Crippen molar-refractivity contribution in [3.05, 3.63) is 138 Å². The molecule has 4 aliphatic heterocycles. The zero-order chi connectivity index (χ0) is 67.5. The number of hydrogen-bond donors (Lipinski definition) is 1. The molecule has 6 aromatic heterocycles. The van der Waals surface area contributed by atoms with Crippen LogP contribution in [0.5, 0.6) is 0 Å². The summed E-state index contributed by atoms with van der Waals surface area (Å²) in [4.78, 5) is 98.5. The van der Waals surface area contributed by atoms with Gasteiger partial charge in [-0.1, -0.05) is 27.7 Å². The van der Waals surface area contributed by atoms with Gasteiger partial charge in [0.1, 0.15) is 5.69 Å².